The summed E-state index contributed by atoms with van der Waals surface area (Å²) in [6.45, 7) is 1.96. The van der Waals surface area contributed by atoms with Gasteiger partial charge in [0.05, 0.1) is 0 Å². The fourth-order valence-corrected chi connectivity index (χ4v) is 2.89. The summed E-state index contributed by atoms with van der Waals surface area (Å²) in [6, 6.07) is 7.26. The van der Waals surface area contributed by atoms with Crippen LogP contribution in [0.15, 0.2) is 34.2 Å². The van der Waals surface area contributed by atoms with Crippen LogP contribution in [0.5, 0.6) is 0 Å². The van der Waals surface area contributed by atoms with Crippen LogP contribution in [-0.2, 0) is 17.8 Å². The third-order valence-electron chi connectivity index (χ3n) is 3.11. The Hall–Kier alpha value is -2.25. The second-order valence-corrected chi connectivity index (χ2v) is 6.27. The summed E-state index contributed by atoms with van der Waals surface area (Å²) in [6.07, 6.45) is 1.65. The molecule has 0 saturated heterocycles. The summed E-state index contributed by atoms with van der Waals surface area (Å²) in [5.74, 6) is 0.365. The fourth-order valence-electron chi connectivity index (χ4n) is 1.97. The van der Waals surface area contributed by atoms with E-state index in [0.717, 1.165) is 23.4 Å². The number of halogens is 1. The van der Waals surface area contributed by atoms with Crippen molar-refractivity contribution in [3.63, 3.8) is 0 Å². The van der Waals surface area contributed by atoms with Crippen LogP contribution in [-0.4, -0.2) is 21.1 Å². The molecule has 0 bridgehead atoms. The van der Waals surface area contributed by atoms with Crippen LogP contribution in [0.1, 0.15) is 35.5 Å². The highest BCUT2D eigenvalue weighted by Crippen LogP contribution is 2.25. The Morgan fingerprint density at radius 3 is 2.83 bits per heavy atom. The summed E-state index contributed by atoms with van der Waals surface area (Å²) < 4.78 is 10.2. The topological polar surface area (TPSA) is 78.1 Å². The number of ether oxygens (including phenoxy) is 1. The Morgan fingerprint density at radius 1 is 1.29 bits per heavy atom. The van der Waals surface area contributed by atoms with Gasteiger partial charge >= 0.3 is 5.97 Å². The molecule has 124 valence electrons. The molecule has 0 fully saturated rings. The minimum absolute atomic E-state index is 0.0661. The van der Waals surface area contributed by atoms with Gasteiger partial charge < -0.3 is 9.26 Å². The van der Waals surface area contributed by atoms with E-state index in [4.69, 9.17) is 20.9 Å². The van der Waals surface area contributed by atoms with Crippen LogP contribution in [0, 0.1) is 0 Å². The molecule has 1 aromatic carbocycles. The van der Waals surface area contributed by atoms with E-state index in [1.165, 1.54) is 11.3 Å². The minimum Gasteiger partial charge on any atom is -0.451 e. The normalized spacial score (nSPS) is 10.8. The number of rotatable bonds is 6. The van der Waals surface area contributed by atoms with Crippen LogP contribution in [0.3, 0.4) is 0 Å². The Kier molecular flexibility index (Phi) is 5.22. The van der Waals surface area contributed by atoms with Gasteiger partial charge in [-0.1, -0.05) is 35.8 Å². The minimum atomic E-state index is -0.526. The number of esters is 1. The van der Waals surface area contributed by atoms with Crippen LogP contribution in [0.25, 0.3) is 10.6 Å². The Labute approximate surface area is 147 Å². The molecular weight excluding hydrogens is 350 g/mol. The number of carbonyl (C=O) groups is 1. The number of thiazole rings is 1. The predicted octanol–water partition coefficient (Wildman–Crippen LogP) is 4.16. The molecule has 0 aliphatic heterocycles. The molecule has 0 unspecified atom stereocenters. The van der Waals surface area contributed by atoms with Crippen molar-refractivity contribution in [1.82, 2.24) is 15.1 Å². The summed E-state index contributed by atoms with van der Waals surface area (Å²) in [7, 11) is 0. The highest BCUT2D eigenvalue weighted by atomic mass is 35.5. The Bertz CT molecular complexity index is 829. The monoisotopic (exact) mass is 363 g/mol. The quantitative estimate of drug-likeness (QED) is 0.612. The van der Waals surface area contributed by atoms with Gasteiger partial charge in [0.25, 0.3) is 5.89 Å². The van der Waals surface area contributed by atoms with Gasteiger partial charge in [-0.3, -0.25) is 0 Å². The third-order valence-corrected chi connectivity index (χ3v) is 4.26. The Balaban J connectivity index is 1.62. The lowest BCUT2D eigenvalue weighted by molar-refractivity contribution is 0.0424. The second kappa shape index (κ2) is 7.55. The van der Waals surface area contributed by atoms with Crippen molar-refractivity contribution in [1.29, 1.82) is 0 Å². The van der Waals surface area contributed by atoms with Gasteiger partial charge in [0.2, 0.25) is 0 Å². The molecule has 0 aliphatic rings. The molecule has 3 rings (SSSR count). The first-order chi connectivity index (χ1) is 11.7. The largest absolute Gasteiger partial charge is 0.451 e. The number of hydrogen-bond acceptors (Lipinski definition) is 7. The van der Waals surface area contributed by atoms with Crippen molar-refractivity contribution in [2.45, 2.75) is 26.4 Å². The van der Waals surface area contributed by atoms with Gasteiger partial charge in [-0.25, -0.2) is 9.78 Å². The predicted molar refractivity (Wildman–Crippen MR) is 90.0 cm³/mol. The van der Waals surface area contributed by atoms with Crippen molar-refractivity contribution in [2.75, 3.05) is 0 Å². The summed E-state index contributed by atoms with van der Waals surface area (Å²) >= 11 is 7.23. The van der Waals surface area contributed by atoms with E-state index in [-0.39, 0.29) is 18.2 Å². The van der Waals surface area contributed by atoms with Gasteiger partial charge in [-0.15, -0.1) is 11.3 Å². The molecule has 24 heavy (non-hydrogen) atoms. The molecule has 0 aliphatic carbocycles. The smallest absolute Gasteiger partial charge is 0.358 e. The zero-order chi connectivity index (χ0) is 16.9. The van der Waals surface area contributed by atoms with Crippen molar-refractivity contribution in [2.24, 2.45) is 0 Å². The molecule has 0 spiro atoms. The number of aryl methyl sites for hydroxylation is 1. The lowest BCUT2D eigenvalue weighted by Crippen LogP contribution is -2.06. The van der Waals surface area contributed by atoms with Crippen LogP contribution in [0.4, 0.5) is 0 Å². The molecule has 0 N–H and O–H groups in total. The van der Waals surface area contributed by atoms with Crippen molar-refractivity contribution in [3.8, 4) is 10.6 Å². The van der Waals surface area contributed by atoms with E-state index in [0.29, 0.717) is 10.8 Å². The lowest BCUT2D eigenvalue weighted by atomic mass is 10.2. The number of benzene rings is 1. The molecule has 2 heterocycles. The van der Waals surface area contributed by atoms with E-state index in [1.807, 2.05) is 19.1 Å². The van der Waals surface area contributed by atoms with Gasteiger partial charge in [0.15, 0.2) is 18.1 Å². The maximum atomic E-state index is 12.1. The molecule has 0 amide bonds. The van der Waals surface area contributed by atoms with E-state index < -0.39 is 5.97 Å². The van der Waals surface area contributed by atoms with Crippen molar-refractivity contribution < 1.29 is 14.1 Å². The van der Waals surface area contributed by atoms with Gasteiger partial charge in [0.1, 0.15) is 5.01 Å². The fraction of sp³-hybridized carbons (Fsp3) is 0.250. The maximum Gasteiger partial charge on any atom is 0.358 e. The lowest BCUT2D eigenvalue weighted by Gasteiger charge is -1.98. The van der Waals surface area contributed by atoms with Crippen LogP contribution in [0.2, 0.25) is 5.02 Å². The van der Waals surface area contributed by atoms with E-state index >= 15 is 0 Å². The van der Waals surface area contributed by atoms with Gasteiger partial charge in [-0.05, 0) is 18.6 Å². The molecule has 0 saturated carbocycles. The first-order valence-electron chi connectivity index (χ1n) is 7.35. The number of hydrogen-bond donors (Lipinski definition) is 0. The number of carbonyl (C=O) groups excluding carboxylic acids is 1. The van der Waals surface area contributed by atoms with Gasteiger partial charge in [0, 0.05) is 22.4 Å². The average Bonchev–Trinajstić information content (AvgIpc) is 3.23. The highest BCUT2D eigenvalue weighted by molar-refractivity contribution is 7.13. The molecule has 0 radical (unpaired) electrons. The molecule has 3 aromatic rings. The Morgan fingerprint density at radius 2 is 2.08 bits per heavy atom. The standard InChI is InChI=1S/C16H14ClN3O3S/c1-2-3-13-19-14(23-20-13)8-22-16(21)12-9-24-15(18-12)10-4-6-11(17)7-5-10/h4-7,9H,2-3,8H2,1H3. The first-order valence-corrected chi connectivity index (χ1v) is 8.61. The molecule has 8 heteroatoms. The van der Waals surface area contributed by atoms with Crippen molar-refractivity contribution in [3.05, 3.63) is 52.1 Å². The third kappa shape index (κ3) is 3.98. The van der Waals surface area contributed by atoms with E-state index in [1.54, 1.807) is 17.5 Å². The summed E-state index contributed by atoms with van der Waals surface area (Å²) in [5.41, 5.74) is 1.14. The molecule has 0 atom stereocenters. The summed E-state index contributed by atoms with van der Waals surface area (Å²) in [4.78, 5) is 20.5. The first kappa shape index (κ1) is 16.6. The van der Waals surface area contributed by atoms with E-state index in [2.05, 4.69) is 15.1 Å². The zero-order valence-corrected chi connectivity index (χ0v) is 14.4. The zero-order valence-electron chi connectivity index (χ0n) is 12.9. The van der Waals surface area contributed by atoms with Gasteiger partial charge in [-0.2, -0.15) is 4.98 Å². The molecule has 2 aromatic heterocycles. The average molecular weight is 364 g/mol. The van der Waals surface area contributed by atoms with Crippen LogP contribution < -0.4 is 0 Å². The second-order valence-electron chi connectivity index (χ2n) is 4.98. The number of nitrogens with zero attached hydrogens (tertiary/aromatic N) is 3. The van der Waals surface area contributed by atoms with E-state index in [9.17, 15) is 4.79 Å². The molecule has 6 nitrogen and oxygen atoms in total. The van der Waals surface area contributed by atoms with Crippen LogP contribution >= 0.6 is 22.9 Å². The van der Waals surface area contributed by atoms with Crippen molar-refractivity contribution >= 4 is 28.9 Å². The highest BCUT2D eigenvalue weighted by Gasteiger charge is 2.15. The maximum absolute atomic E-state index is 12.1. The number of aromatic nitrogens is 3. The SMILES string of the molecule is CCCc1noc(COC(=O)c2csc(-c3ccc(Cl)cc3)n2)n1. The molecular formula is C16H14ClN3O3S. The summed E-state index contributed by atoms with van der Waals surface area (Å²) in [5, 5.41) is 6.83.